The smallest absolute Gasteiger partial charge is 0.246 e. The number of likely N-dealkylation sites (tertiary alicyclic amines) is 1. The minimum absolute atomic E-state index is 0.00841. The number of hydrogen-bond donors (Lipinski definition) is 4. The van der Waals surface area contributed by atoms with Crippen LogP contribution < -0.4 is 15.5 Å². The van der Waals surface area contributed by atoms with Crippen molar-refractivity contribution in [1.82, 2.24) is 35.3 Å². The van der Waals surface area contributed by atoms with Gasteiger partial charge in [0.05, 0.1) is 72.2 Å². The zero-order chi connectivity index (χ0) is 55.5. The summed E-state index contributed by atoms with van der Waals surface area (Å²) < 4.78 is 11.4. The number of aryl methyl sites for hydroxylation is 2. The molecule has 1 aliphatic carbocycles. The van der Waals surface area contributed by atoms with Gasteiger partial charge >= 0.3 is 0 Å². The molecule has 0 radical (unpaired) electrons. The van der Waals surface area contributed by atoms with Crippen LogP contribution in [0, 0.1) is 23.7 Å². The van der Waals surface area contributed by atoms with Crippen molar-refractivity contribution in [3.05, 3.63) is 105 Å². The summed E-state index contributed by atoms with van der Waals surface area (Å²) in [5.74, 6) is -1.07. The number of fused-ring (bicyclic) bond motifs is 4. The number of aromatic nitrogens is 2. The number of hydrogen-bond acceptors (Lipinski definition) is 13. The number of nitrogens with one attached hydrogen (secondary N) is 3. The summed E-state index contributed by atoms with van der Waals surface area (Å²) in [5, 5.41) is 26.8. The molecule has 3 saturated heterocycles. The van der Waals surface area contributed by atoms with E-state index < -0.39 is 34.9 Å². The fraction of sp³-hybridized carbons (Fsp3) is 0.517. The summed E-state index contributed by atoms with van der Waals surface area (Å²) in [6.45, 7) is 19.9. The highest BCUT2D eigenvalue weighted by Gasteiger charge is 2.45. The van der Waals surface area contributed by atoms with Crippen LogP contribution in [-0.4, -0.2) is 156 Å². The summed E-state index contributed by atoms with van der Waals surface area (Å²) in [6.07, 6.45) is 2.35. The summed E-state index contributed by atoms with van der Waals surface area (Å²) in [5.41, 5.74) is 10.7. The number of piperidine rings is 1. The first-order valence-corrected chi connectivity index (χ1v) is 28.5. The number of thiazole rings is 1. The minimum Gasteiger partial charge on any atom is -0.391 e. The first-order chi connectivity index (χ1) is 37.4. The molecule has 18 heteroatoms. The number of carbonyl (C=O) groups is 5. The molecular weight excluding hydrogens is 1010 g/mol. The van der Waals surface area contributed by atoms with Crippen LogP contribution in [0.1, 0.15) is 123 Å². The Labute approximate surface area is 461 Å². The molecule has 5 aromatic rings. The zero-order valence-electron chi connectivity index (χ0n) is 46.2. The van der Waals surface area contributed by atoms with Gasteiger partial charge in [-0.25, -0.2) is 4.98 Å². The Balaban J connectivity index is 0.660. The molecule has 4 N–H and O–H groups in total. The number of carbonyl (C=O) groups excluding carboxylic acids is 5. The SMILES string of the molecule is CCc1cc2c(cc1N1CCC(N3CCN(C(=O)CCOCCOCCC(=O)N[C@H](C(=O)N4C[C@H](O)C[C@H]4C(=O)NCc4ccc(-c5scnc5C)cc4)C(C)(C)C)CC3)CC1)C(C)(C)c1[nH]c3cc(C#N)ccc3c1C2=O. The standard InChI is InChI=1S/C60H75N9O8S/c1-8-40-30-45-46(60(6,7)55-52(53(45)73)44-14-11-39(33-61)29-47(44)64-55)32-48(40)67-19-15-42(16-20-67)66-21-23-68(24-22-66)51(72)18-26-77-28-27-76-25-17-50(71)65-56(59(3,4)5)58(75)69-35-43(70)31-49(69)57(74)62-34-38-9-12-41(13-10-38)54-37(2)63-36-78-54/h9-14,29-30,32,36,42-43,49,56,64,70H,8,15-28,31,34-35H2,1-7H3,(H,62,74)(H,65,71)/t43-,49+,56-/m1/s1. The predicted octanol–water partition coefficient (Wildman–Crippen LogP) is 6.64. The first-order valence-electron chi connectivity index (χ1n) is 27.6. The van der Waals surface area contributed by atoms with Gasteiger partial charge in [-0.05, 0) is 78.1 Å². The number of anilines is 1. The van der Waals surface area contributed by atoms with Crippen LogP contribution in [0.15, 0.2) is 60.1 Å². The Bertz CT molecular complexity index is 3060. The molecule has 3 aromatic carbocycles. The third-order valence-corrected chi connectivity index (χ3v) is 17.3. The second kappa shape index (κ2) is 23.9. The number of β-amino-alcohol motifs (C(OH)–C–C–N with tert-alkyl or cyclic N) is 1. The Morgan fingerprint density at radius 2 is 1.65 bits per heavy atom. The van der Waals surface area contributed by atoms with Gasteiger partial charge in [0, 0.05) is 105 Å². The molecule has 0 unspecified atom stereocenters. The summed E-state index contributed by atoms with van der Waals surface area (Å²) in [6, 6.07) is 18.6. The van der Waals surface area contributed by atoms with E-state index in [-0.39, 0.29) is 82.3 Å². The number of rotatable bonds is 18. The van der Waals surface area contributed by atoms with Crippen LogP contribution in [-0.2, 0) is 47.0 Å². The molecule has 3 atom stereocenters. The molecule has 2 aromatic heterocycles. The highest BCUT2D eigenvalue weighted by Crippen LogP contribution is 2.46. The molecule has 4 amide bonds. The summed E-state index contributed by atoms with van der Waals surface area (Å²) in [4.78, 5) is 85.3. The quantitative estimate of drug-likeness (QED) is 0.0681. The number of benzene rings is 3. The molecule has 78 heavy (non-hydrogen) atoms. The summed E-state index contributed by atoms with van der Waals surface area (Å²) in [7, 11) is 0. The molecule has 3 fully saturated rings. The molecule has 414 valence electrons. The maximum Gasteiger partial charge on any atom is 0.246 e. The Hall–Kier alpha value is -6.49. The van der Waals surface area contributed by atoms with E-state index in [2.05, 4.69) is 69.4 Å². The fourth-order valence-electron chi connectivity index (χ4n) is 11.8. The lowest BCUT2D eigenvalue weighted by atomic mass is 9.70. The zero-order valence-corrected chi connectivity index (χ0v) is 47.0. The highest BCUT2D eigenvalue weighted by atomic mass is 32.1. The molecule has 9 rings (SSSR count). The van der Waals surface area contributed by atoms with E-state index >= 15 is 0 Å². The molecule has 17 nitrogen and oxygen atoms in total. The fourth-order valence-corrected chi connectivity index (χ4v) is 12.6. The van der Waals surface area contributed by atoms with Gasteiger partial charge in [0.2, 0.25) is 23.6 Å². The van der Waals surface area contributed by atoms with E-state index in [0.717, 1.165) is 94.9 Å². The largest absolute Gasteiger partial charge is 0.391 e. The second-order valence-electron chi connectivity index (χ2n) is 22.9. The van der Waals surface area contributed by atoms with Crippen molar-refractivity contribution in [3.63, 3.8) is 0 Å². The van der Waals surface area contributed by atoms with E-state index in [1.54, 1.807) is 17.4 Å². The lowest BCUT2D eigenvalue weighted by Crippen LogP contribution is -2.57. The molecule has 3 aliphatic heterocycles. The third-order valence-electron chi connectivity index (χ3n) is 16.3. The second-order valence-corrected chi connectivity index (χ2v) is 23.7. The Kier molecular flexibility index (Phi) is 17.2. The molecular formula is C60H75N9O8S. The van der Waals surface area contributed by atoms with Crippen LogP contribution in [0.25, 0.3) is 21.3 Å². The van der Waals surface area contributed by atoms with E-state index in [1.165, 1.54) is 16.2 Å². The number of ketones is 1. The topological polar surface area (TPSA) is 214 Å². The molecule has 5 heterocycles. The van der Waals surface area contributed by atoms with Gasteiger partial charge in [-0.15, -0.1) is 11.3 Å². The number of aliphatic hydroxyl groups is 1. The number of aromatic amines is 1. The highest BCUT2D eigenvalue weighted by molar-refractivity contribution is 7.13. The number of amides is 4. The maximum atomic E-state index is 14.2. The average molecular weight is 1080 g/mol. The lowest BCUT2D eigenvalue weighted by molar-refractivity contribution is -0.144. The lowest BCUT2D eigenvalue weighted by Gasteiger charge is -2.44. The van der Waals surface area contributed by atoms with Crippen molar-refractivity contribution in [2.75, 3.05) is 77.1 Å². The molecule has 4 aliphatic rings. The van der Waals surface area contributed by atoms with Crippen molar-refractivity contribution < 1.29 is 38.6 Å². The van der Waals surface area contributed by atoms with Gasteiger partial charge in [0.1, 0.15) is 12.1 Å². The van der Waals surface area contributed by atoms with E-state index in [1.807, 2.05) is 74.5 Å². The number of ether oxygens (including phenoxy) is 2. The van der Waals surface area contributed by atoms with Crippen molar-refractivity contribution >= 4 is 57.3 Å². The number of aliphatic hydroxyl groups excluding tert-OH is 1. The molecule has 0 spiro atoms. The maximum absolute atomic E-state index is 14.2. The number of piperazine rings is 1. The van der Waals surface area contributed by atoms with Crippen molar-refractivity contribution in [1.29, 1.82) is 5.26 Å². The number of nitrogens with zero attached hydrogens (tertiary/aromatic N) is 6. The van der Waals surface area contributed by atoms with Gasteiger partial charge in [0.25, 0.3) is 0 Å². The Morgan fingerprint density at radius 3 is 2.31 bits per heavy atom. The van der Waals surface area contributed by atoms with Crippen molar-refractivity contribution in [3.8, 4) is 16.5 Å². The third kappa shape index (κ3) is 12.1. The normalized spacial score (nSPS) is 19.1. The summed E-state index contributed by atoms with van der Waals surface area (Å²) >= 11 is 1.57. The minimum atomic E-state index is -0.944. The van der Waals surface area contributed by atoms with Gasteiger partial charge in [-0.3, -0.25) is 28.9 Å². The van der Waals surface area contributed by atoms with Crippen molar-refractivity contribution in [2.45, 2.75) is 123 Å². The first kappa shape index (κ1) is 56.2. The Morgan fingerprint density at radius 1 is 0.949 bits per heavy atom. The number of H-pyrrole nitrogens is 1. The van der Waals surface area contributed by atoms with Gasteiger partial charge in [-0.2, -0.15) is 5.26 Å². The van der Waals surface area contributed by atoms with Crippen LogP contribution >= 0.6 is 11.3 Å². The van der Waals surface area contributed by atoms with Crippen LogP contribution in [0.3, 0.4) is 0 Å². The monoisotopic (exact) mass is 1080 g/mol. The average Bonchev–Trinajstić information content (AvgIpc) is 4.32. The van der Waals surface area contributed by atoms with Crippen LogP contribution in [0.5, 0.6) is 0 Å². The van der Waals surface area contributed by atoms with Crippen LogP contribution in [0.2, 0.25) is 0 Å². The molecule has 0 bridgehead atoms. The van der Waals surface area contributed by atoms with Gasteiger partial charge in [0.15, 0.2) is 5.78 Å². The van der Waals surface area contributed by atoms with Gasteiger partial charge < -0.3 is 44.9 Å². The molecule has 0 saturated carbocycles. The van der Waals surface area contributed by atoms with Crippen LogP contribution in [0.4, 0.5) is 5.69 Å². The van der Waals surface area contributed by atoms with E-state index in [0.29, 0.717) is 30.3 Å². The van der Waals surface area contributed by atoms with E-state index in [4.69, 9.17) is 9.47 Å². The van der Waals surface area contributed by atoms with E-state index in [9.17, 15) is 34.3 Å². The number of nitriles is 1. The predicted molar refractivity (Wildman–Crippen MR) is 300 cm³/mol. The van der Waals surface area contributed by atoms with Crippen molar-refractivity contribution in [2.24, 2.45) is 5.41 Å². The van der Waals surface area contributed by atoms with Gasteiger partial charge in [-0.1, -0.05) is 71.9 Å².